The zero-order valence-corrected chi connectivity index (χ0v) is 23.3. The number of hydrogen-bond acceptors (Lipinski definition) is 9. The molecular weight excluding hydrogens is 548 g/mol. The summed E-state index contributed by atoms with van der Waals surface area (Å²) in [5.41, 5.74) is 11.3. The molecule has 204 valence electrons. The van der Waals surface area contributed by atoms with Gasteiger partial charge in [0.05, 0.1) is 27.7 Å². The van der Waals surface area contributed by atoms with Crippen molar-refractivity contribution in [3.8, 4) is 17.2 Å². The SMILES string of the molecule is CN1C2=C(CCNC2)N(c2cccc(-c3cccc(NC(=O)c4nc5c(s4)CNCC5)c3Cl)c2C#N)C1C(N)=O. The average Bonchev–Trinajstić information content (AvgIpc) is 3.53. The number of nitrogens with zero attached hydrogens (tertiary/aromatic N) is 4. The highest BCUT2D eigenvalue weighted by Crippen LogP contribution is 2.42. The van der Waals surface area contributed by atoms with Gasteiger partial charge in [-0.1, -0.05) is 35.9 Å². The van der Waals surface area contributed by atoms with E-state index in [0.29, 0.717) is 57.6 Å². The Morgan fingerprint density at radius 3 is 2.65 bits per heavy atom. The van der Waals surface area contributed by atoms with Crippen molar-refractivity contribution in [2.75, 3.05) is 36.9 Å². The third-order valence-corrected chi connectivity index (χ3v) is 9.00. The summed E-state index contributed by atoms with van der Waals surface area (Å²) in [5.74, 6) is -0.837. The van der Waals surface area contributed by atoms with Gasteiger partial charge in [-0.15, -0.1) is 11.3 Å². The molecule has 12 heteroatoms. The summed E-state index contributed by atoms with van der Waals surface area (Å²) in [4.78, 5) is 35.0. The molecule has 2 aromatic carbocycles. The van der Waals surface area contributed by atoms with Crippen molar-refractivity contribution in [3.63, 3.8) is 0 Å². The van der Waals surface area contributed by atoms with Gasteiger partial charge in [0, 0.05) is 73.5 Å². The summed E-state index contributed by atoms with van der Waals surface area (Å²) in [5, 5.41) is 20.6. The second kappa shape index (κ2) is 10.6. The van der Waals surface area contributed by atoms with Crippen molar-refractivity contribution in [1.29, 1.82) is 5.26 Å². The maximum absolute atomic E-state index is 13.1. The molecule has 6 rings (SSSR count). The third-order valence-electron chi connectivity index (χ3n) is 7.49. The molecular formula is C28H27ClN8O2S. The number of halogens is 1. The minimum Gasteiger partial charge on any atom is -0.366 e. The van der Waals surface area contributed by atoms with Crippen LogP contribution in [0.3, 0.4) is 0 Å². The molecule has 1 aromatic heterocycles. The molecule has 0 spiro atoms. The number of hydrogen-bond donors (Lipinski definition) is 4. The number of nitriles is 1. The van der Waals surface area contributed by atoms with Crippen LogP contribution in [0.5, 0.6) is 0 Å². The Morgan fingerprint density at radius 2 is 1.88 bits per heavy atom. The van der Waals surface area contributed by atoms with Gasteiger partial charge in [-0.2, -0.15) is 5.26 Å². The lowest BCUT2D eigenvalue weighted by molar-refractivity contribution is -0.121. The molecule has 10 nitrogen and oxygen atoms in total. The van der Waals surface area contributed by atoms with Crippen LogP contribution in [0.4, 0.5) is 11.4 Å². The highest BCUT2D eigenvalue weighted by Gasteiger charge is 2.42. The van der Waals surface area contributed by atoms with Gasteiger partial charge in [0.1, 0.15) is 6.07 Å². The summed E-state index contributed by atoms with van der Waals surface area (Å²) >= 11 is 8.24. The van der Waals surface area contributed by atoms with Crippen molar-refractivity contribution < 1.29 is 9.59 Å². The summed E-state index contributed by atoms with van der Waals surface area (Å²) < 4.78 is 0. The van der Waals surface area contributed by atoms with Crippen LogP contribution in [0.2, 0.25) is 5.02 Å². The van der Waals surface area contributed by atoms with Crippen molar-refractivity contribution >= 4 is 46.1 Å². The Morgan fingerprint density at radius 1 is 1.12 bits per heavy atom. The first-order valence-electron chi connectivity index (χ1n) is 13.0. The fourth-order valence-corrected chi connectivity index (χ4v) is 6.88. The average molecular weight is 575 g/mol. The van der Waals surface area contributed by atoms with Crippen LogP contribution in [0.25, 0.3) is 11.1 Å². The third kappa shape index (κ3) is 4.39. The highest BCUT2D eigenvalue weighted by molar-refractivity contribution is 7.13. The van der Waals surface area contributed by atoms with E-state index in [9.17, 15) is 14.9 Å². The number of rotatable bonds is 5. The molecule has 0 saturated heterocycles. The van der Waals surface area contributed by atoms with Crippen molar-refractivity contribution in [3.05, 3.63) is 74.0 Å². The first-order valence-corrected chi connectivity index (χ1v) is 14.1. The van der Waals surface area contributed by atoms with E-state index in [2.05, 4.69) is 27.0 Å². The van der Waals surface area contributed by atoms with E-state index in [-0.39, 0.29) is 5.91 Å². The molecule has 1 unspecified atom stereocenters. The van der Waals surface area contributed by atoms with Crippen LogP contribution in [0.1, 0.15) is 32.4 Å². The number of benzene rings is 2. The molecule has 0 aliphatic carbocycles. The van der Waals surface area contributed by atoms with Gasteiger partial charge < -0.3 is 31.5 Å². The fourth-order valence-electron chi connectivity index (χ4n) is 5.63. The van der Waals surface area contributed by atoms with Crippen LogP contribution >= 0.6 is 22.9 Å². The van der Waals surface area contributed by atoms with Gasteiger partial charge in [0.15, 0.2) is 11.2 Å². The Balaban J connectivity index is 1.38. The van der Waals surface area contributed by atoms with Gasteiger partial charge in [-0.05, 0) is 12.1 Å². The predicted molar refractivity (Wildman–Crippen MR) is 155 cm³/mol. The van der Waals surface area contributed by atoms with Crippen molar-refractivity contribution in [2.45, 2.75) is 25.6 Å². The van der Waals surface area contributed by atoms with Crippen LogP contribution in [0.15, 0.2) is 47.8 Å². The number of thiazole rings is 1. The van der Waals surface area contributed by atoms with Crippen LogP contribution < -0.4 is 26.6 Å². The number of nitrogens with two attached hydrogens (primary N) is 1. The lowest BCUT2D eigenvalue weighted by Crippen LogP contribution is -2.49. The second-order valence-corrected chi connectivity index (χ2v) is 11.3. The molecule has 2 amide bonds. The zero-order valence-electron chi connectivity index (χ0n) is 21.8. The number of amides is 2. The molecule has 0 fully saturated rings. The summed E-state index contributed by atoms with van der Waals surface area (Å²) in [6, 6.07) is 13.1. The van der Waals surface area contributed by atoms with Gasteiger partial charge in [-0.25, -0.2) is 4.98 Å². The normalized spacial score (nSPS) is 18.3. The molecule has 0 radical (unpaired) electrons. The Labute approximate surface area is 240 Å². The monoisotopic (exact) mass is 574 g/mol. The van der Waals surface area contributed by atoms with Gasteiger partial charge in [0.2, 0.25) is 0 Å². The van der Waals surface area contributed by atoms with E-state index in [1.165, 1.54) is 11.3 Å². The summed E-state index contributed by atoms with van der Waals surface area (Å²) in [6.07, 6.45) is 0.727. The molecule has 0 bridgehead atoms. The van der Waals surface area contributed by atoms with E-state index >= 15 is 0 Å². The van der Waals surface area contributed by atoms with E-state index < -0.39 is 12.1 Å². The molecule has 40 heavy (non-hydrogen) atoms. The minimum absolute atomic E-state index is 0.305. The lowest BCUT2D eigenvalue weighted by Gasteiger charge is -2.31. The summed E-state index contributed by atoms with van der Waals surface area (Å²) in [7, 11) is 1.84. The Kier molecular flexibility index (Phi) is 6.93. The van der Waals surface area contributed by atoms with Gasteiger partial charge in [0.25, 0.3) is 11.8 Å². The van der Waals surface area contributed by atoms with E-state index in [1.807, 2.05) is 41.1 Å². The van der Waals surface area contributed by atoms with Gasteiger partial charge >= 0.3 is 0 Å². The molecule has 0 saturated carbocycles. The zero-order chi connectivity index (χ0) is 28.0. The minimum atomic E-state index is -0.757. The maximum atomic E-state index is 13.1. The molecule has 3 aliphatic rings. The van der Waals surface area contributed by atoms with E-state index in [4.69, 9.17) is 17.3 Å². The highest BCUT2D eigenvalue weighted by atomic mass is 35.5. The largest absolute Gasteiger partial charge is 0.366 e. The van der Waals surface area contributed by atoms with Crippen molar-refractivity contribution in [2.24, 2.45) is 5.73 Å². The molecule has 3 aromatic rings. The number of carbonyl (C=O) groups is 2. The van der Waals surface area contributed by atoms with Crippen LogP contribution in [0, 0.1) is 11.3 Å². The quantitative estimate of drug-likeness (QED) is 0.365. The Bertz CT molecular complexity index is 1590. The van der Waals surface area contributed by atoms with E-state index in [1.54, 1.807) is 12.1 Å². The molecule has 5 N–H and O–H groups in total. The first kappa shape index (κ1) is 26.3. The Hall–Kier alpha value is -3.95. The number of nitrogens with one attached hydrogen (secondary N) is 3. The molecule has 4 heterocycles. The number of carbonyl (C=O) groups excluding carboxylic acids is 2. The lowest BCUT2D eigenvalue weighted by atomic mass is 9.97. The molecule has 3 aliphatic heterocycles. The number of aromatic nitrogens is 1. The number of likely N-dealkylation sites (N-methyl/N-ethyl adjacent to an activating group) is 1. The van der Waals surface area contributed by atoms with Crippen LogP contribution in [-0.4, -0.2) is 54.5 Å². The fraction of sp³-hybridized carbons (Fsp3) is 0.286. The second-order valence-electron chi connectivity index (χ2n) is 9.83. The number of anilines is 2. The smallest absolute Gasteiger partial charge is 0.284 e. The maximum Gasteiger partial charge on any atom is 0.284 e. The van der Waals surface area contributed by atoms with Crippen molar-refractivity contribution in [1.82, 2.24) is 20.5 Å². The number of primary amides is 1. The van der Waals surface area contributed by atoms with E-state index in [0.717, 1.165) is 41.5 Å². The standard InChI is InChI=1S/C28H27ClN8O2S/c1-36-22-13-32-11-9-21(22)37(28(36)25(31)38)20-7-3-4-15(17(20)12-30)16-5-2-6-19(24(16)29)34-26(39)27-35-18-8-10-33-14-23(18)40-27/h2-7,28,32-33H,8-11,13-14H2,1H3,(H2,31,38)(H,34,39). The van der Waals surface area contributed by atoms with Gasteiger partial charge in [-0.3, -0.25) is 9.59 Å². The topological polar surface area (TPSA) is 139 Å². The first-order chi connectivity index (χ1) is 19.4. The molecule has 1 atom stereocenters. The van der Waals surface area contributed by atoms with Crippen LogP contribution in [-0.2, 0) is 17.8 Å². The predicted octanol–water partition coefficient (Wildman–Crippen LogP) is 3.00. The summed E-state index contributed by atoms with van der Waals surface area (Å²) in [6.45, 7) is 2.92. The number of fused-ring (bicyclic) bond motifs is 1.